The molecule has 2 amide bonds. The number of pyridine rings is 2. The van der Waals surface area contributed by atoms with Crippen LogP contribution in [0.25, 0.3) is 11.3 Å². The number of aromatic nitrogens is 2. The van der Waals surface area contributed by atoms with Gasteiger partial charge in [0.15, 0.2) is 0 Å². The summed E-state index contributed by atoms with van der Waals surface area (Å²) in [5.74, 6) is -1.23. The minimum atomic E-state index is -1.31. The summed E-state index contributed by atoms with van der Waals surface area (Å²) in [6.07, 6.45) is 3.79. The van der Waals surface area contributed by atoms with Crippen molar-refractivity contribution in [2.45, 2.75) is 31.3 Å². The van der Waals surface area contributed by atoms with Gasteiger partial charge in [-0.1, -0.05) is 36.4 Å². The fourth-order valence-electron chi connectivity index (χ4n) is 5.66. The second-order valence-electron chi connectivity index (χ2n) is 10.6. The Morgan fingerprint density at radius 1 is 1.05 bits per heavy atom. The first-order valence-electron chi connectivity index (χ1n) is 13.7. The smallest absolute Gasteiger partial charge is 0.274 e. The molecule has 42 heavy (non-hydrogen) atoms. The summed E-state index contributed by atoms with van der Waals surface area (Å²) in [6.45, 7) is 2.25. The van der Waals surface area contributed by atoms with E-state index in [0.717, 1.165) is 43.6 Å². The molecule has 2 aliphatic rings. The molecule has 1 atom stereocenters. The molecule has 0 radical (unpaired) electrons. The Morgan fingerprint density at radius 3 is 2.52 bits per heavy atom. The number of phenolic OH excluding ortho intramolecular Hbond substituents is 1. The topological polar surface area (TPSA) is 98.7 Å². The summed E-state index contributed by atoms with van der Waals surface area (Å²) in [5.41, 5.74) is 3.70. The number of phenols is 1. The van der Waals surface area contributed by atoms with E-state index in [1.165, 1.54) is 22.7 Å². The quantitative estimate of drug-likeness (QED) is 0.307. The van der Waals surface area contributed by atoms with Crippen LogP contribution in [0.5, 0.6) is 5.75 Å². The highest BCUT2D eigenvalue weighted by atomic mass is 35.5. The molecule has 216 valence electrons. The van der Waals surface area contributed by atoms with Crippen LogP contribution in [0.1, 0.15) is 52.0 Å². The highest BCUT2D eigenvalue weighted by Crippen LogP contribution is 2.37. The Bertz CT molecular complexity index is 1590. The maximum absolute atomic E-state index is 14.3. The van der Waals surface area contributed by atoms with Crippen LogP contribution in [0.4, 0.5) is 10.2 Å². The van der Waals surface area contributed by atoms with Crippen LogP contribution in [0, 0.1) is 5.82 Å². The number of anilines is 1. The maximum Gasteiger partial charge on any atom is 0.274 e. The van der Waals surface area contributed by atoms with Crippen molar-refractivity contribution in [1.82, 2.24) is 19.8 Å². The number of hydrogen-bond donors (Lipinski definition) is 2. The summed E-state index contributed by atoms with van der Waals surface area (Å²) >= 11 is 0. The average molecular weight is 588 g/mol. The molecule has 10 heteroatoms. The lowest BCUT2D eigenvalue weighted by Crippen LogP contribution is -2.38. The third-order valence-electron chi connectivity index (χ3n) is 7.94. The first-order valence-corrected chi connectivity index (χ1v) is 13.7. The van der Waals surface area contributed by atoms with Gasteiger partial charge in [-0.2, -0.15) is 0 Å². The Kier molecular flexibility index (Phi) is 8.51. The number of fused-ring (bicyclic) bond motifs is 1. The van der Waals surface area contributed by atoms with Gasteiger partial charge in [-0.05, 0) is 80.9 Å². The van der Waals surface area contributed by atoms with Gasteiger partial charge in [0.2, 0.25) is 0 Å². The van der Waals surface area contributed by atoms with Crippen molar-refractivity contribution in [2.24, 2.45) is 0 Å². The van der Waals surface area contributed by atoms with Crippen LogP contribution in [-0.2, 0) is 11.3 Å². The van der Waals surface area contributed by atoms with E-state index < -0.39 is 23.7 Å². The van der Waals surface area contributed by atoms with Gasteiger partial charge in [-0.15, -0.1) is 12.4 Å². The molecule has 0 saturated carbocycles. The van der Waals surface area contributed by atoms with Crippen LogP contribution in [0.3, 0.4) is 0 Å². The van der Waals surface area contributed by atoms with E-state index in [1.807, 2.05) is 24.3 Å². The minimum Gasteiger partial charge on any atom is -0.508 e. The van der Waals surface area contributed by atoms with Crippen molar-refractivity contribution in [3.8, 4) is 17.0 Å². The molecule has 0 spiro atoms. The predicted octanol–water partition coefficient (Wildman–Crippen LogP) is 5.56. The van der Waals surface area contributed by atoms with Gasteiger partial charge < -0.3 is 20.2 Å². The van der Waals surface area contributed by atoms with Crippen LogP contribution >= 0.6 is 12.4 Å². The number of nitrogens with zero attached hydrogens (tertiary/aromatic N) is 4. The molecule has 2 aromatic carbocycles. The number of hydrogen-bond acceptors (Lipinski definition) is 6. The summed E-state index contributed by atoms with van der Waals surface area (Å²) in [7, 11) is 2.15. The van der Waals surface area contributed by atoms with Crippen molar-refractivity contribution in [3.63, 3.8) is 0 Å². The molecule has 0 bridgehead atoms. The van der Waals surface area contributed by atoms with Crippen LogP contribution < -0.4 is 5.32 Å². The molecule has 1 fully saturated rings. The van der Waals surface area contributed by atoms with E-state index in [-0.39, 0.29) is 41.8 Å². The van der Waals surface area contributed by atoms with E-state index in [9.17, 15) is 19.1 Å². The average Bonchev–Trinajstić information content (AvgIpc) is 3.31. The number of nitrogens with one attached hydrogen (secondary N) is 1. The first kappa shape index (κ1) is 29.2. The van der Waals surface area contributed by atoms with Crippen molar-refractivity contribution in [3.05, 3.63) is 107 Å². The molecular formula is C32H31ClFN5O3. The predicted molar refractivity (Wildman–Crippen MR) is 160 cm³/mol. The molecule has 8 nitrogen and oxygen atoms in total. The standard InChI is InChI=1S/C32H30FN5O3.ClH/c1-37-16-13-21(14-17-37)20-5-7-22(8-6-20)26-11-9-23-19-38(32(41)29(23)35-26)30(25-18-24(33)10-12-27(25)39)31(40)36-28-4-2-3-15-34-28;/h2-12,15,18,21,30,39H,13-14,16-17,19H2,1H3,(H,34,36,40);1H. The van der Waals surface area contributed by atoms with Gasteiger partial charge in [-0.25, -0.2) is 14.4 Å². The normalized spacial score (nSPS) is 16.0. The number of likely N-dealkylation sites (tertiary alicyclic amines) is 1. The van der Waals surface area contributed by atoms with Gasteiger partial charge in [0, 0.05) is 29.4 Å². The summed E-state index contributed by atoms with van der Waals surface area (Å²) in [6, 6.07) is 19.1. The highest BCUT2D eigenvalue weighted by Gasteiger charge is 2.40. The highest BCUT2D eigenvalue weighted by molar-refractivity contribution is 6.03. The van der Waals surface area contributed by atoms with Crippen LogP contribution in [0.15, 0.2) is 79.0 Å². The van der Waals surface area contributed by atoms with E-state index in [2.05, 4.69) is 39.4 Å². The van der Waals surface area contributed by atoms with E-state index in [4.69, 9.17) is 0 Å². The van der Waals surface area contributed by atoms with E-state index in [1.54, 1.807) is 18.2 Å². The third-order valence-corrected chi connectivity index (χ3v) is 7.94. The van der Waals surface area contributed by atoms with Gasteiger partial charge >= 0.3 is 0 Å². The number of aromatic hydroxyl groups is 1. The third kappa shape index (κ3) is 5.84. The largest absolute Gasteiger partial charge is 0.508 e. The van der Waals surface area contributed by atoms with Crippen LogP contribution in [0.2, 0.25) is 0 Å². The molecular weight excluding hydrogens is 557 g/mol. The first-order chi connectivity index (χ1) is 19.9. The number of halogens is 2. The lowest BCUT2D eigenvalue weighted by atomic mass is 9.89. The summed E-state index contributed by atoms with van der Waals surface area (Å²) in [4.78, 5) is 39.7. The molecule has 0 aliphatic carbocycles. The summed E-state index contributed by atoms with van der Waals surface area (Å²) in [5, 5.41) is 13.3. The minimum absolute atomic E-state index is 0. The zero-order valence-electron chi connectivity index (χ0n) is 23.0. The molecule has 1 saturated heterocycles. The number of carbonyl (C=O) groups is 2. The Balaban J connectivity index is 0.00000353. The van der Waals surface area contributed by atoms with Crippen molar-refractivity contribution in [1.29, 1.82) is 0 Å². The van der Waals surface area contributed by atoms with E-state index in [0.29, 0.717) is 17.2 Å². The van der Waals surface area contributed by atoms with Crippen LogP contribution in [-0.4, -0.2) is 56.8 Å². The Labute approximate surface area is 249 Å². The monoisotopic (exact) mass is 587 g/mol. The lowest BCUT2D eigenvalue weighted by Gasteiger charge is -2.29. The second-order valence-corrected chi connectivity index (χ2v) is 10.6. The molecule has 4 heterocycles. The number of piperidine rings is 1. The SMILES string of the molecule is CN1CCC(c2ccc(-c3ccc4c(n3)C(=O)N(C(C(=O)Nc3ccccn3)c3cc(F)ccc3O)C4)cc2)CC1.Cl. The molecule has 6 rings (SSSR count). The van der Waals surface area contributed by atoms with Gasteiger partial charge in [0.1, 0.15) is 29.1 Å². The molecule has 2 aromatic heterocycles. The van der Waals surface area contributed by atoms with E-state index >= 15 is 0 Å². The number of benzene rings is 2. The second kappa shape index (κ2) is 12.3. The lowest BCUT2D eigenvalue weighted by molar-refractivity contribution is -0.120. The fraction of sp³-hybridized carbons (Fsp3) is 0.250. The van der Waals surface area contributed by atoms with Gasteiger partial charge in [-0.3, -0.25) is 9.59 Å². The molecule has 2 N–H and O–H groups in total. The molecule has 1 unspecified atom stereocenters. The number of amides is 2. The number of carbonyl (C=O) groups excluding carboxylic acids is 2. The zero-order valence-corrected chi connectivity index (χ0v) is 23.9. The molecule has 4 aromatic rings. The Hall–Kier alpha value is -4.34. The van der Waals surface area contributed by atoms with Crippen molar-refractivity contribution < 1.29 is 19.1 Å². The molecule has 2 aliphatic heterocycles. The fourth-order valence-corrected chi connectivity index (χ4v) is 5.66. The van der Waals surface area contributed by atoms with Gasteiger partial charge in [0.05, 0.1) is 5.69 Å². The Morgan fingerprint density at radius 2 is 1.81 bits per heavy atom. The van der Waals surface area contributed by atoms with Gasteiger partial charge in [0.25, 0.3) is 11.8 Å². The van der Waals surface area contributed by atoms with Crippen molar-refractivity contribution in [2.75, 3.05) is 25.5 Å². The zero-order chi connectivity index (χ0) is 28.5. The van der Waals surface area contributed by atoms with Crippen molar-refractivity contribution >= 4 is 30.0 Å². The number of rotatable bonds is 6. The summed E-state index contributed by atoms with van der Waals surface area (Å²) < 4.78 is 14.3. The maximum atomic E-state index is 14.3.